The van der Waals surface area contributed by atoms with Crippen LogP contribution in [0.25, 0.3) is 0 Å². The Morgan fingerprint density at radius 1 is 1.25 bits per heavy atom. The SMILES string of the molecule is COC(=O)[C@@H]1CC2=CC(=O)C(CCCO)C[C@]2(C)[C@H]2CC[C@]3(C)CCC[C@H]3[C@H]12. The third kappa shape index (κ3) is 2.98. The molecule has 4 aliphatic carbocycles. The van der Waals surface area contributed by atoms with Gasteiger partial charge in [-0.25, -0.2) is 0 Å². The number of aliphatic hydroxyl groups is 1. The number of fused-ring (bicyclic) bond motifs is 5. The minimum absolute atomic E-state index is 0.00708. The molecule has 3 saturated carbocycles. The number of aliphatic hydroxyl groups excluding tert-OH is 1. The first-order chi connectivity index (χ1) is 13.3. The lowest BCUT2D eigenvalue weighted by molar-refractivity contribution is -0.158. The zero-order chi connectivity index (χ0) is 20.1. The van der Waals surface area contributed by atoms with Crippen molar-refractivity contribution in [3.63, 3.8) is 0 Å². The minimum Gasteiger partial charge on any atom is -0.469 e. The van der Waals surface area contributed by atoms with Crippen LogP contribution in [0.5, 0.6) is 0 Å². The molecule has 4 heteroatoms. The van der Waals surface area contributed by atoms with Crippen LogP contribution in [0.3, 0.4) is 0 Å². The van der Waals surface area contributed by atoms with Crippen LogP contribution < -0.4 is 0 Å². The van der Waals surface area contributed by atoms with E-state index in [2.05, 4.69) is 13.8 Å². The maximum atomic E-state index is 12.8. The molecule has 0 aromatic heterocycles. The van der Waals surface area contributed by atoms with Gasteiger partial charge in [0.25, 0.3) is 0 Å². The molecule has 0 heterocycles. The average molecular weight is 389 g/mol. The fourth-order valence-corrected chi connectivity index (χ4v) is 7.72. The van der Waals surface area contributed by atoms with Crippen LogP contribution in [-0.2, 0) is 14.3 Å². The molecule has 4 nitrogen and oxygen atoms in total. The van der Waals surface area contributed by atoms with Crippen molar-refractivity contribution in [1.82, 2.24) is 0 Å². The summed E-state index contributed by atoms with van der Waals surface area (Å²) >= 11 is 0. The molecule has 0 bridgehead atoms. The molecular formula is C24H36O4. The Morgan fingerprint density at radius 3 is 2.75 bits per heavy atom. The second-order valence-corrected chi connectivity index (χ2v) is 10.5. The van der Waals surface area contributed by atoms with E-state index in [1.807, 2.05) is 6.08 Å². The van der Waals surface area contributed by atoms with E-state index >= 15 is 0 Å². The summed E-state index contributed by atoms with van der Waals surface area (Å²) in [7, 11) is 1.51. The topological polar surface area (TPSA) is 63.6 Å². The van der Waals surface area contributed by atoms with Crippen LogP contribution in [-0.4, -0.2) is 30.6 Å². The van der Waals surface area contributed by atoms with E-state index in [9.17, 15) is 14.7 Å². The molecule has 0 radical (unpaired) electrons. The molecule has 0 aromatic rings. The molecule has 0 spiro atoms. The van der Waals surface area contributed by atoms with Crippen LogP contribution in [0.2, 0.25) is 0 Å². The van der Waals surface area contributed by atoms with E-state index in [1.165, 1.54) is 38.4 Å². The van der Waals surface area contributed by atoms with E-state index in [0.29, 0.717) is 36.0 Å². The second kappa shape index (κ2) is 7.27. The van der Waals surface area contributed by atoms with E-state index in [4.69, 9.17) is 4.74 Å². The molecule has 4 aliphatic rings. The highest BCUT2D eigenvalue weighted by molar-refractivity contribution is 5.94. The lowest BCUT2D eigenvalue weighted by Gasteiger charge is -2.59. The smallest absolute Gasteiger partial charge is 0.309 e. The van der Waals surface area contributed by atoms with Gasteiger partial charge in [-0.05, 0) is 86.0 Å². The van der Waals surface area contributed by atoms with Crippen molar-refractivity contribution in [3.05, 3.63) is 11.6 Å². The monoisotopic (exact) mass is 388 g/mol. The summed E-state index contributed by atoms with van der Waals surface area (Å²) in [5.41, 5.74) is 1.56. The number of methoxy groups -OCH3 is 1. The van der Waals surface area contributed by atoms with Crippen molar-refractivity contribution in [2.45, 2.75) is 71.6 Å². The Morgan fingerprint density at radius 2 is 2.04 bits per heavy atom. The molecule has 0 aromatic carbocycles. The van der Waals surface area contributed by atoms with Crippen LogP contribution in [0.4, 0.5) is 0 Å². The lowest BCUT2D eigenvalue weighted by atomic mass is 9.44. The van der Waals surface area contributed by atoms with Crippen LogP contribution in [0.15, 0.2) is 11.6 Å². The van der Waals surface area contributed by atoms with Gasteiger partial charge in [0.2, 0.25) is 0 Å². The number of rotatable bonds is 4. The number of allylic oxidation sites excluding steroid dienone is 1. The fraction of sp³-hybridized carbons (Fsp3) is 0.833. The lowest BCUT2D eigenvalue weighted by Crippen LogP contribution is -2.55. The molecular weight excluding hydrogens is 352 g/mol. The van der Waals surface area contributed by atoms with Crippen LogP contribution in [0, 0.1) is 40.4 Å². The summed E-state index contributed by atoms with van der Waals surface area (Å²) < 4.78 is 5.25. The normalized spacial score (nSPS) is 44.9. The number of hydrogen-bond donors (Lipinski definition) is 1. The predicted molar refractivity (Wildman–Crippen MR) is 107 cm³/mol. The Hall–Kier alpha value is -1.16. The van der Waals surface area contributed by atoms with Crippen LogP contribution in [0.1, 0.15) is 71.6 Å². The van der Waals surface area contributed by atoms with Crippen molar-refractivity contribution in [2.75, 3.05) is 13.7 Å². The third-order valence-corrected chi connectivity index (χ3v) is 9.17. The summed E-state index contributed by atoms with van der Waals surface area (Å²) in [6.45, 7) is 4.95. The molecule has 7 atom stereocenters. The predicted octanol–water partition coefficient (Wildman–Crippen LogP) is 4.31. The Kier molecular flexibility index (Phi) is 5.22. The largest absolute Gasteiger partial charge is 0.469 e. The quantitative estimate of drug-likeness (QED) is 0.729. The van der Waals surface area contributed by atoms with Gasteiger partial charge < -0.3 is 9.84 Å². The fourth-order valence-electron chi connectivity index (χ4n) is 7.72. The van der Waals surface area contributed by atoms with Gasteiger partial charge in [-0.15, -0.1) is 0 Å². The molecule has 4 rings (SSSR count). The van der Waals surface area contributed by atoms with Gasteiger partial charge >= 0.3 is 5.97 Å². The molecule has 0 saturated heterocycles. The second-order valence-electron chi connectivity index (χ2n) is 10.5. The van der Waals surface area contributed by atoms with Crippen molar-refractivity contribution >= 4 is 11.8 Å². The summed E-state index contributed by atoms with van der Waals surface area (Å²) in [5.74, 6) is 1.47. The maximum absolute atomic E-state index is 12.8. The number of ketones is 1. The van der Waals surface area contributed by atoms with Crippen molar-refractivity contribution < 1.29 is 19.4 Å². The Balaban J connectivity index is 1.73. The van der Waals surface area contributed by atoms with Gasteiger partial charge in [0, 0.05) is 12.5 Å². The van der Waals surface area contributed by atoms with Crippen molar-refractivity contribution in [1.29, 1.82) is 0 Å². The third-order valence-electron chi connectivity index (χ3n) is 9.17. The summed E-state index contributed by atoms with van der Waals surface area (Å²) in [5, 5.41) is 9.24. The average Bonchev–Trinajstić information content (AvgIpc) is 3.07. The van der Waals surface area contributed by atoms with Gasteiger partial charge in [-0.3, -0.25) is 9.59 Å². The first-order valence-electron chi connectivity index (χ1n) is 11.3. The van der Waals surface area contributed by atoms with Gasteiger partial charge in [0.05, 0.1) is 13.0 Å². The molecule has 1 N–H and O–H groups in total. The molecule has 0 amide bonds. The number of carbonyl (C=O) groups excluding carboxylic acids is 2. The molecule has 3 fully saturated rings. The van der Waals surface area contributed by atoms with Crippen molar-refractivity contribution in [2.24, 2.45) is 40.4 Å². The summed E-state index contributed by atoms with van der Waals surface area (Å²) in [4.78, 5) is 25.6. The maximum Gasteiger partial charge on any atom is 0.309 e. The Bertz CT molecular complexity index is 682. The summed E-state index contributed by atoms with van der Waals surface area (Å²) in [6.07, 6.45) is 11.1. The number of esters is 1. The highest BCUT2D eigenvalue weighted by Gasteiger charge is 2.61. The molecule has 0 aliphatic heterocycles. The first kappa shape index (κ1) is 20.1. The number of carbonyl (C=O) groups is 2. The van der Waals surface area contributed by atoms with Gasteiger partial charge in [0.1, 0.15) is 0 Å². The van der Waals surface area contributed by atoms with E-state index in [1.54, 1.807) is 0 Å². The number of hydrogen-bond acceptors (Lipinski definition) is 4. The van der Waals surface area contributed by atoms with Gasteiger partial charge in [0.15, 0.2) is 5.78 Å². The summed E-state index contributed by atoms with van der Waals surface area (Å²) in [6, 6.07) is 0. The van der Waals surface area contributed by atoms with Crippen molar-refractivity contribution in [3.8, 4) is 0 Å². The van der Waals surface area contributed by atoms with Gasteiger partial charge in [-0.2, -0.15) is 0 Å². The van der Waals surface area contributed by atoms with Crippen LogP contribution >= 0.6 is 0 Å². The highest BCUT2D eigenvalue weighted by Crippen LogP contribution is 2.67. The molecule has 156 valence electrons. The first-order valence-corrected chi connectivity index (χ1v) is 11.3. The highest BCUT2D eigenvalue weighted by atomic mass is 16.5. The van der Waals surface area contributed by atoms with E-state index in [0.717, 1.165) is 19.3 Å². The zero-order valence-corrected chi connectivity index (χ0v) is 17.7. The number of ether oxygens (including phenoxy) is 1. The van der Waals surface area contributed by atoms with Gasteiger partial charge in [-0.1, -0.05) is 25.8 Å². The Labute approximate surface area is 169 Å². The minimum atomic E-state index is -0.0983. The molecule has 28 heavy (non-hydrogen) atoms. The zero-order valence-electron chi connectivity index (χ0n) is 17.7. The standard InChI is InChI=1S/C24H36O4/c1-23-9-4-7-18(23)21-17(22(27)28-3)12-16-13-20(26)15(6-5-11-25)14-24(16,2)19(21)8-10-23/h13,15,17-19,21,25H,4-12,14H2,1-3H3/t15?,17-,18+,19+,21+,23+,24+/m1/s1. The molecule has 1 unspecified atom stereocenters. The van der Waals surface area contributed by atoms with E-state index < -0.39 is 0 Å². The van der Waals surface area contributed by atoms with E-state index in [-0.39, 0.29) is 35.6 Å².